The maximum Gasteiger partial charge on any atom is 0.407 e. The molecular formula is C12H26N2O4. The molecule has 6 nitrogen and oxygen atoms in total. The molecule has 1 amide bonds. The molecule has 0 atom stereocenters. The summed E-state index contributed by atoms with van der Waals surface area (Å²) in [5.74, 6) is 0. The van der Waals surface area contributed by atoms with E-state index in [2.05, 4.69) is 5.32 Å². The summed E-state index contributed by atoms with van der Waals surface area (Å²) in [5, 5.41) is 2.62. The van der Waals surface area contributed by atoms with Gasteiger partial charge in [-0.3, -0.25) is 0 Å². The summed E-state index contributed by atoms with van der Waals surface area (Å²) in [7, 11) is 0. The van der Waals surface area contributed by atoms with Crippen molar-refractivity contribution in [2.24, 2.45) is 5.73 Å². The number of nitrogens with two attached hydrogens (primary N) is 1. The first kappa shape index (κ1) is 17.2. The quantitative estimate of drug-likeness (QED) is 0.603. The molecule has 0 aliphatic carbocycles. The summed E-state index contributed by atoms with van der Waals surface area (Å²) >= 11 is 0. The first-order valence-corrected chi connectivity index (χ1v) is 6.28. The Bertz CT molecular complexity index is 217. The fourth-order valence-electron chi connectivity index (χ4n) is 1.09. The summed E-state index contributed by atoms with van der Waals surface area (Å²) in [4.78, 5) is 11.2. The van der Waals surface area contributed by atoms with Crippen LogP contribution in [0, 0.1) is 0 Å². The van der Waals surface area contributed by atoms with E-state index in [1.54, 1.807) is 0 Å². The van der Waals surface area contributed by atoms with Crippen LogP contribution in [0.4, 0.5) is 4.79 Å². The van der Waals surface area contributed by atoms with Gasteiger partial charge in [0.2, 0.25) is 0 Å². The molecule has 0 aliphatic rings. The molecular weight excluding hydrogens is 236 g/mol. The van der Waals surface area contributed by atoms with Gasteiger partial charge in [0, 0.05) is 26.3 Å². The molecule has 0 spiro atoms. The monoisotopic (exact) mass is 262 g/mol. The van der Waals surface area contributed by atoms with Crippen LogP contribution in [0.2, 0.25) is 0 Å². The Labute approximate surface area is 109 Å². The first-order valence-electron chi connectivity index (χ1n) is 6.28. The third kappa shape index (κ3) is 13.2. The van der Waals surface area contributed by atoms with Crippen LogP contribution in [0.3, 0.4) is 0 Å². The number of carbonyl (C=O) groups excluding carboxylic acids is 1. The molecule has 0 saturated carbocycles. The number of ether oxygens (including phenoxy) is 3. The molecule has 18 heavy (non-hydrogen) atoms. The predicted molar refractivity (Wildman–Crippen MR) is 69.5 cm³/mol. The van der Waals surface area contributed by atoms with Crippen molar-refractivity contribution in [3.05, 3.63) is 0 Å². The Morgan fingerprint density at radius 2 is 1.72 bits per heavy atom. The molecule has 0 aromatic heterocycles. The number of hydrogen-bond donors (Lipinski definition) is 2. The highest BCUT2D eigenvalue weighted by atomic mass is 16.6. The molecule has 0 aromatic rings. The summed E-state index contributed by atoms with van der Waals surface area (Å²) < 4.78 is 15.6. The van der Waals surface area contributed by atoms with Gasteiger partial charge in [-0.25, -0.2) is 4.79 Å². The zero-order chi connectivity index (χ0) is 13.9. The Balaban J connectivity index is 3.23. The van der Waals surface area contributed by atoms with Crippen LogP contribution in [0.1, 0.15) is 27.2 Å². The van der Waals surface area contributed by atoms with Crippen molar-refractivity contribution in [1.29, 1.82) is 0 Å². The molecule has 6 heteroatoms. The van der Waals surface area contributed by atoms with E-state index < -0.39 is 11.7 Å². The fourth-order valence-corrected chi connectivity index (χ4v) is 1.09. The molecule has 0 saturated heterocycles. The van der Waals surface area contributed by atoms with Gasteiger partial charge in [-0.2, -0.15) is 0 Å². The van der Waals surface area contributed by atoms with Crippen molar-refractivity contribution >= 4 is 6.09 Å². The molecule has 0 aromatic carbocycles. The van der Waals surface area contributed by atoms with Crippen molar-refractivity contribution in [2.45, 2.75) is 32.8 Å². The summed E-state index contributed by atoms with van der Waals surface area (Å²) in [6.45, 7) is 8.77. The maximum absolute atomic E-state index is 11.2. The van der Waals surface area contributed by atoms with Crippen LogP contribution in [0.5, 0.6) is 0 Å². The molecule has 108 valence electrons. The maximum atomic E-state index is 11.2. The molecule has 0 rings (SSSR count). The molecule has 0 heterocycles. The highest BCUT2D eigenvalue weighted by Crippen LogP contribution is 2.05. The van der Waals surface area contributed by atoms with Crippen LogP contribution in [0.15, 0.2) is 0 Å². The molecule has 0 aliphatic heterocycles. The molecule has 3 N–H and O–H groups in total. The Hall–Kier alpha value is -0.850. The van der Waals surface area contributed by atoms with Crippen molar-refractivity contribution in [3.63, 3.8) is 0 Å². The van der Waals surface area contributed by atoms with E-state index in [4.69, 9.17) is 19.9 Å². The largest absolute Gasteiger partial charge is 0.444 e. The van der Waals surface area contributed by atoms with Gasteiger partial charge in [0.05, 0.1) is 13.2 Å². The fraction of sp³-hybridized carbons (Fsp3) is 0.917. The molecule has 0 unspecified atom stereocenters. The van der Waals surface area contributed by atoms with Gasteiger partial charge >= 0.3 is 6.09 Å². The summed E-state index contributed by atoms with van der Waals surface area (Å²) in [6, 6.07) is 0. The van der Waals surface area contributed by atoms with Gasteiger partial charge in [-0.05, 0) is 27.2 Å². The zero-order valence-corrected chi connectivity index (χ0v) is 11.7. The minimum atomic E-state index is -0.467. The average molecular weight is 262 g/mol. The van der Waals surface area contributed by atoms with Gasteiger partial charge < -0.3 is 25.3 Å². The SMILES string of the molecule is CC(C)(C)OC(=O)NCCOCCCOCCN. The zero-order valence-electron chi connectivity index (χ0n) is 11.7. The van der Waals surface area contributed by atoms with E-state index in [1.165, 1.54) is 0 Å². The second-order valence-corrected chi connectivity index (χ2v) is 4.80. The Morgan fingerprint density at radius 3 is 2.28 bits per heavy atom. The third-order valence-corrected chi connectivity index (χ3v) is 1.75. The van der Waals surface area contributed by atoms with Gasteiger partial charge in [0.1, 0.15) is 5.60 Å². The highest BCUT2D eigenvalue weighted by molar-refractivity contribution is 5.67. The van der Waals surface area contributed by atoms with E-state index in [1.807, 2.05) is 20.8 Å². The third-order valence-electron chi connectivity index (χ3n) is 1.75. The lowest BCUT2D eigenvalue weighted by Crippen LogP contribution is -2.34. The van der Waals surface area contributed by atoms with Crippen LogP contribution < -0.4 is 11.1 Å². The number of carbonyl (C=O) groups is 1. The summed E-state index contributed by atoms with van der Waals surface area (Å²) in [5.41, 5.74) is 4.81. The smallest absolute Gasteiger partial charge is 0.407 e. The van der Waals surface area contributed by atoms with Gasteiger partial charge in [-0.15, -0.1) is 0 Å². The molecule has 0 fully saturated rings. The number of amides is 1. The van der Waals surface area contributed by atoms with E-state index in [0.29, 0.717) is 39.5 Å². The van der Waals surface area contributed by atoms with Gasteiger partial charge in [-0.1, -0.05) is 0 Å². The van der Waals surface area contributed by atoms with Gasteiger partial charge in [0.25, 0.3) is 0 Å². The summed E-state index contributed by atoms with van der Waals surface area (Å²) in [6.07, 6.45) is 0.407. The molecule has 0 radical (unpaired) electrons. The van der Waals surface area contributed by atoms with Crippen molar-refractivity contribution in [2.75, 3.05) is 39.5 Å². The standard InChI is InChI=1S/C12H26N2O4/c1-12(2,3)18-11(15)14-6-10-17-8-4-7-16-9-5-13/h4-10,13H2,1-3H3,(H,14,15). The normalized spacial score (nSPS) is 11.3. The van der Waals surface area contributed by atoms with E-state index in [0.717, 1.165) is 6.42 Å². The van der Waals surface area contributed by atoms with Crippen LogP contribution in [-0.2, 0) is 14.2 Å². The minimum Gasteiger partial charge on any atom is -0.444 e. The topological polar surface area (TPSA) is 82.8 Å². The van der Waals surface area contributed by atoms with E-state index in [9.17, 15) is 4.79 Å². The minimum absolute atomic E-state index is 0.419. The van der Waals surface area contributed by atoms with E-state index >= 15 is 0 Å². The van der Waals surface area contributed by atoms with Crippen molar-refractivity contribution in [3.8, 4) is 0 Å². The first-order chi connectivity index (χ1) is 8.45. The highest BCUT2D eigenvalue weighted by Gasteiger charge is 2.15. The Kier molecular flexibility index (Phi) is 9.63. The molecule has 0 bridgehead atoms. The second-order valence-electron chi connectivity index (χ2n) is 4.80. The lowest BCUT2D eigenvalue weighted by molar-refractivity contribution is 0.0486. The predicted octanol–water partition coefficient (Wildman–Crippen LogP) is 0.893. The lowest BCUT2D eigenvalue weighted by Gasteiger charge is -2.19. The Morgan fingerprint density at radius 1 is 1.11 bits per heavy atom. The van der Waals surface area contributed by atoms with Crippen LogP contribution in [-0.4, -0.2) is 51.2 Å². The number of nitrogens with one attached hydrogen (secondary N) is 1. The number of hydrogen-bond acceptors (Lipinski definition) is 5. The van der Waals surface area contributed by atoms with Gasteiger partial charge in [0.15, 0.2) is 0 Å². The van der Waals surface area contributed by atoms with Crippen LogP contribution in [0.25, 0.3) is 0 Å². The number of alkyl carbamates (subject to hydrolysis) is 1. The number of rotatable bonds is 9. The van der Waals surface area contributed by atoms with Crippen molar-refractivity contribution in [1.82, 2.24) is 5.32 Å². The second kappa shape index (κ2) is 10.1. The lowest BCUT2D eigenvalue weighted by atomic mass is 10.2. The van der Waals surface area contributed by atoms with Crippen molar-refractivity contribution < 1.29 is 19.0 Å². The average Bonchev–Trinajstić information content (AvgIpc) is 2.24. The van der Waals surface area contributed by atoms with E-state index in [-0.39, 0.29) is 0 Å². The van der Waals surface area contributed by atoms with Crippen LogP contribution >= 0.6 is 0 Å².